The van der Waals surface area contributed by atoms with E-state index in [0.29, 0.717) is 17.3 Å². The molecule has 0 spiro atoms. The zero-order valence-electron chi connectivity index (χ0n) is 14.0. The summed E-state index contributed by atoms with van der Waals surface area (Å²) in [6.45, 7) is 2.46. The van der Waals surface area contributed by atoms with Gasteiger partial charge in [-0.25, -0.2) is 4.79 Å². The van der Waals surface area contributed by atoms with Gasteiger partial charge in [-0.3, -0.25) is 9.80 Å². The standard InChI is InChI=1S/C18H18F3N3OS/c19-18(20,21)5-1-14-10-13-11-24(8-4-15(13)26-14)17(25)22-16-9-12-2-6-23(16)7-3-12/h4,10-12,16H,2-3,6-9H2,(H,22,25). The van der Waals surface area contributed by atoms with Crippen molar-refractivity contribution < 1.29 is 18.0 Å². The summed E-state index contributed by atoms with van der Waals surface area (Å²) in [5.41, 5.74) is 0. The van der Waals surface area contributed by atoms with Gasteiger partial charge in [-0.1, -0.05) is 0 Å². The Morgan fingerprint density at radius 2 is 2.08 bits per heavy atom. The third-order valence-corrected chi connectivity index (χ3v) is 6.15. The third kappa shape index (κ3) is 3.74. The Morgan fingerprint density at radius 1 is 1.31 bits per heavy atom. The first-order valence-electron chi connectivity index (χ1n) is 8.60. The second-order valence-electron chi connectivity index (χ2n) is 6.84. The minimum atomic E-state index is -4.50. The van der Waals surface area contributed by atoms with Gasteiger partial charge in [-0.2, -0.15) is 13.2 Å². The number of alkyl halides is 3. The van der Waals surface area contributed by atoms with Gasteiger partial charge in [0, 0.05) is 41.5 Å². The minimum absolute atomic E-state index is 0.0838. The Bertz CT molecular complexity index is 887. The Balaban J connectivity index is 1.47. The first kappa shape index (κ1) is 17.4. The summed E-state index contributed by atoms with van der Waals surface area (Å²) in [6, 6.07) is 1.43. The molecule has 8 heteroatoms. The smallest absolute Gasteiger partial charge is 0.322 e. The average molecular weight is 381 g/mol. The summed E-state index contributed by atoms with van der Waals surface area (Å²) >= 11 is 1.21. The van der Waals surface area contributed by atoms with E-state index in [1.165, 1.54) is 30.1 Å². The molecular formula is C18H18F3N3OS. The lowest BCUT2D eigenvalue weighted by Crippen LogP contribution is -2.58. The van der Waals surface area contributed by atoms with Gasteiger partial charge in [0.15, 0.2) is 0 Å². The van der Waals surface area contributed by atoms with E-state index in [1.54, 1.807) is 17.2 Å². The summed E-state index contributed by atoms with van der Waals surface area (Å²) in [4.78, 5) is 16.8. The number of hydrogen-bond acceptors (Lipinski definition) is 3. The molecule has 1 atom stereocenters. The van der Waals surface area contributed by atoms with Crippen LogP contribution in [0.5, 0.6) is 0 Å². The predicted molar refractivity (Wildman–Crippen MR) is 93.4 cm³/mol. The van der Waals surface area contributed by atoms with Crippen molar-refractivity contribution in [2.75, 3.05) is 19.6 Å². The van der Waals surface area contributed by atoms with Gasteiger partial charge < -0.3 is 5.32 Å². The number of halogens is 3. The predicted octanol–water partition coefficient (Wildman–Crippen LogP) is 1.65. The molecule has 3 saturated heterocycles. The fraction of sp³-hybridized carbons (Fsp3) is 0.500. The number of nitrogens with zero attached hydrogens (tertiary/aromatic N) is 2. The number of thiophene rings is 1. The highest BCUT2D eigenvalue weighted by atomic mass is 32.1. The molecule has 1 aromatic rings. The molecule has 0 saturated carbocycles. The van der Waals surface area contributed by atoms with Crippen LogP contribution in [-0.4, -0.2) is 47.8 Å². The molecule has 3 fully saturated rings. The molecule has 0 aliphatic carbocycles. The number of urea groups is 1. The lowest BCUT2D eigenvalue weighted by Gasteiger charge is -2.45. The van der Waals surface area contributed by atoms with E-state index in [-0.39, 0.29) is 12.2 Å². The Kier molecular flexibility index (Phi) is 4.45. The van der Waals surface area contributed by atoms with Crippen molar-refractivity contribution in [3.05, 3.63) is 20.7 Å². The average Bonchev–Trinajstić information content (AvgIpc) is 3.02. The van der Waals surface area contributed by atoms with Gasteiger partial charge in [0.05, 0.1) is 11.0 Å². The van der Waals surface area contributed by atoms with Crippen molar-refractivity contribution in [2.24, 2.45) is 5.92 Å². The SMILES string of the molecule is O=C(NC1CC2CCN1CC2)N1C=c2cc(C#CC(F)(F)F)sc2=CC1. The summed E-state index contributed by atoms with van der Waals surface area (Å²) in [5, 5.41) is 3.82. The van der Waals surface area contributed by atoms with Gasteiger partial charge >= 0.3 is 12.2 Å². The van der Waals surface area contributed by atoms with Gasteiger partial charge in [-0.05, 0) is 43.2 Å². The van der Waals surface area contributed by atoms with Crippen LogP contribution >= 0.6 is 11.3 Å². The summed E-state index contributed by atoms with van der Waals surface area (Å²) in [5.74, 6) is 4.13. The highest BCUT2D eigenvalue weighted by Gasteiger charge is 2.34. The molecule has 138 valence electrons. The van der Waals surface area contributed by atoms with E-state index in [0.717, 1.165) is 29.3 Å². The quantitative estimate of drug-likeness (QED) is 0.751. The molecule has 2 amide bonds. The molecule has 0 aromatic carbocycles. The first-order valence-corrected chi connectivity index (χ1v) is 9.42. The largest absolute Gasteiger partial charge is 0.458 e. The maximum absolute atomic E-state index is 12.6. The van der Waals surface area contributed by atoms with Crippen molar-refractivity contribution in [1.82, 2.24) is 15.1 Å². The van der Waals surface area contributed by atoms with Crippen molar-refractivity contribution in [2.45, 2.75) is 31.6 Å². The van der Waals surface area contributed by atoms with E-state index in [1.807, 2.05) is 6.08 Å². The number of rotatable bonds is 1. The molecule has 1 N–H and O–H groups in total. The van der Waals surface area contributed by atoms with Crippen LogP contribution in [0.1, 0.15) is 24.1 Å². The number of carbonyl (C=O) groups excluding carboxylic acids is 1. The first-order chi connectivity index (χ1) is 12.4. The zero-order chi connectivity index (χ0) is 18.3. The van der Waals surface area contributed by atoms with Gasteiger partial charge in [0.1, 0.15) is 0 Å². The molecule has 1 unspecified atom stereocenters. The van der Waals surface area contributed by atoms with Crippen molar-refractivity contribution in [3.8, 4) is 11.8 Å². The fourth-order valence-corrected chi connectivity index (χ4v) is 4.67. The van der Waals surface area contributed by atoms with Crippen molar-refractivity contribution in [3.63, 3.8) is 0 Å². The summed E-state index contributed by atoms with van der Waals surface area (Å²) < 4.78 is 37.5. The summed E-state index contributed by atoms with van der Waals surface area (Å²) in [7, 11) is 0. The second-order valence-corrected chi connectivity index (χ2v) is 7.93. The van der Waals surface area contributed by atoms with E-state index in [9.17, 15) is 18.0 Å². The Morgan fingerprint density at radius 3 is 2.73 bits per heavy atom. The monoisotopic (exact) mass is 381 g/mol. The van der Waals surface area contributed by atoms with Crippen LogP contribution in [0, 0.1) is 17.8 Å². The Hall–Kier alpha value is -1.98. The van der Waals surface area contributed by atoms with Crippen LogP contribution < -0.4 is 15.1 Å². The third-order valence-electron chi connectivity index (χ3n) is 5.08. The number of carbonyl (C=O) groups is 1. The normalized spacial score (nSPS) is 26.9. The highest BCUT2D eigenvalue weighted by molar-refractivity contribution is 7.10. The van der Waals surface area contributed by atoms with Crippen LogP contribution in [-0.2, 0) is 0 Å². The van der Waals surface area contributed by atoms with E-state index >= 15 is 0 Å². The molecule has 2 bridgehead atoms. The molecule has 1 aromatic heterocycles. The second kappa shape index (κ2) is 6.63. The van der Waals surface area contributed by atoms with E-state index < -0.39 is 6.18 Å². The highest BCUT2D eigenvalue weighted by Crippen LogP contribution is 2.30. The maximum atomic E-state index is 12.6. The van der Waals surface area contributed by atoms with Gasteiger partial charge in [0.2, 0.25) is 0 Å². The minimum Gasteiger partial charge on any atom is -0.322 e. The van der Waals surface area contributed by atoms with E-state index in [4.69, 9.17) is 0 Å². The zero-order valence-corrected chi connectivity index (χ0v) is 14.8. The molecule has 0 radical (unpaired) electrons. The number of nitrogens with one attached hydrogen (secondary N) is 1. The molecule has 4 aliphatic heterocycles. The number of amides is 2. The molecule has 26 heavy (non-hydrogen) atoms. The molecule has 5 heterocycles. The number of hydrogen-bond donors (Lipinski definition) is 1. The molecule has 4 aliphatic rings. The number of piperidine rings is 3. The fourth-order valence-electron chi connectivity index (χ4n) is 3.76. The van der Waals surface area contributed by atoms with E-state index in [2.05, 4.69) is 16.1 Å². The van der Waals surface area contributed by atoms with Crippen LogP contribution in [0.25, 0.3) is 12.3 Å². The lowest BCUT2D eigenvalue weighted by atomic mass is 9.86. The summed E-state index contributed by atoms with van der Waals surface area (Å²) in [6.07, 6.45) is 2.52. The topological polar surface area (TPSA) is 35.6 Å². The molecule has 5 rings (SSSR count). The molecular weight excluding hydrogens is 363 g/mol. The van der Waals surface area contributed by atoms with Crippen LogP contribution in [0.4, 0.5) is 18.0 Å². The van der Waals surface area contributed by atoms with Gasteiger partial charge in [-0.15, -0.1) is 11.3 Å². The number of fused-ring (bicyclic) bond motifs is 4. The van der Waals surface area contributed by atoms with Crippen LogP contribution in [0.2, 0.25) is 0 Å². The van der Waals surface area contributed by atoms with Gasteiger partial charge in [0.25, 0.3) is 0 Å². The van der Waals surface area contributed by atoms with Crippen LogP contribution in [0.15, 0.2) is 6.07 Å². The van der Waals surface area contributed by atoms with Crippen molar-refractivity contribution >= 4 is 29.6 Å². The Labute approximate surface area is 153 Å². The molecule has 4 nitrogen and oxygen atoms in total. The van der Waals surface area contributed by atoms with Crippen LogP contribution in [0.3, 0.4) is 0 Å². The lowest BCUT2D eigenvalue weighted by molar-refractivity contribution is -0.0696. The maximum Gasteiger partial charge on any atom is 0.458 e. The van der Waals surface area contributed by atoms with Crippen molar-refractivity contribution in [1.29, 1.82) is 0 Å².